The summed E-state index contributed by atoms with van der Waals surface area (Å²) >= 11 is 0. The molecule has 1 N–H and O–H groups in total. The van der Waals surface area contributed by atoms with Crippen LogP contribution in [0.1, 0.15) is 31.4 Å². The maximum atomic E-state index is 11.6. The lowest BCUT2D eigenvalue weighted by molar-refractivity contribution is -0.128. The fourth-order valence-electron chi connectivity index (χ4n) is 3.24. The minimum absolute atomic E-state index is 0.289. The Morgan fingerprint density at radius 2 is 2.00 bits per heavy atom. The average molecular weight is 289 g/mol. The van der Waals surface area contributed by atoms with Crippen molar-refractivity contribution in [2.24, 2.45) is 0 Å². The molecule has 0 atom stereocenters. The van der Waals surface area contributed by atoms with Crippen LogP contribution in [0, 0.1) is 0 Å². The molecule has 0 spiro atoms. The van der Waals surface area contributed by atoms with Crippen molar-refractivity contribution in [2.75, 3.05) is 32.7 Å². The molecule has 1 amide bonds. The van der Waals surface area contributed by atoms with Gasteiger partial charge in [0.2, 0.25) is 5.91 Å². The number of rotatable bonds is 4. The van der Waals surface area contributed by atoms with E-state index in [1.54, 1.807) is 6.20 Å². The van der Waals surface area contributed by atoms with Gasteiger partial charge in [0.25, 0.3) is 0 Å². The first-order chi connectivity index (χ1) is 10.2. The maximum absolute atomic E-state index is 11.6. The molecule has 5 nitrogen and oxygen atoms in total. The SMILES string of the molecule is O=C1CCCN1CCN1CCC(O)(c2ccccn2)CC1. The Morgan fingerprint density at radius 3 is 2.62 bits per heavy atom. The van der Waals surface area contributed by atoms with Crippen LogP contribution in [-0.2, 0) is 10.4 Å². The van der Waals surface area contributed by atoms with Crippen LogP contribution in [0.4, 0.5) is 0 Å². The van der Waals surface area contributed by atoms with E-state index in [9.17, 15) is 9.90 Å². The number of aliphatic hydroxyl groups is 1. The van der Waals surface area contributed by atoms with Crippen molar-refractivity contribution >= 4 is 5.91 Å². The number of nitrogens with zero attached hydrogens (tertiary/aromatic N) is 3. The van der Waals surface area contributed by atoms with Crippen molar-refractivity contribution < 1.29 is 9.90 Å². The second-order valence-electron chi connectivity index (χ2n) is 6.07. The van der Waals surface area contributed by atoms with E-state index in [2.05, 4.69) is 9.88 Å². The van der Waals surface area contributed by atoms with E-state index < -0.39 is 5.60 Å². The Balaban J connectivity index is 1.50. The molecule has 2 saturated heterocycles. The number of hydrogen-bond donors (Lipinski definition) is 1. The fraction of sp³-hybridized carbons (Fsp3) is 0.625. The second kappa shape index (κ2) is 6.12. The van der Waals surface area contributed by atoms with Gasteiger partial charge in [-0.3, -0.25) is 9.78 Å². The Morgan fingerprint density at radius 1 is 1.19 bits per heavy atom. The van der Waals surface area contributed by atoms with Gasteiger partial charge < -0.3 is 14.9 Å². The number of carbonyl (C=O) groups excluding carboxylic acids is 1. The number of hydrogen-bond acceptors (Lipinski definition) is 4. The first kappa shape index (κ1) is 14.5. The number of pyridine rings is 1. The predicted molar refractivity (Wildman–Crippen MR) is 79.6 cm³/mol. The van der Waals surface area contributed by atoms with Gasteiger partial charge in [-0.15, -0.1) is 0 Å². The van der Waals surface area contributed by atoms with Crippen LogP contribution in [-0.4, -0.2) is 58.5 Å². The summed E-state index contributed by atoms with van der Waals surface area (Å²) < 4.78 is 0. The summed E-state index contributed by atoms with van der Waals surface area (Å²) in [6, 6.07) is 5.69. The van der Waals surface area contributed by atoms with Gasteiger partial charge >= 0.3 is 0 Å². The Bertz CT molecular complexity index is 484. The number of amides is 1. The van der Waals surface area contributed by atoms with Crippen molar-refractivity contribution in [1.82, 2.24) is 14.8 Å². The van der Waals surface area contributed by atoms with E-state index in [1.807, 2.05) is 23.1 Å². The van der Waals surface area contributed by atoms with E-state index in [0.717, 1.165) is 44.8 Å². The molecule has 0 radical (unpaired) electrons. The Labute approximate surface area is 125 Å². The molecule has 2 aliphatic rings. The number of carbonyl (C=O) groups is 1. The quantitative estimate of drug-likeness (QED) is 0.898. The summed E-state index contributed by atoms with van der Waals surface area (Å²) in [4.78, 5) is 20.2. The molecular formula is C16H23N3O2. The van der Waals surface area contributed by atoms with Crippen LogP contribution in [0.3, 0.4) is 0 Å². The monoisotopic (exact) mass is 289 g/mol. The minimum atomic E-state index is -0.790. The standard InChI is InChI=1S/C16H23N3O2/c20-15-5-3-9-19(15)13-12-18-10-6-16(21,7-11-18)14-4-1-2-8-17-14/h1-2,4,8,21H,3,5-7,9-13H2. The van der Waals surface area contributed by atoms with Crippen LogP contribution in [0.15, 0.2) is 24.4 Å². The zero-order chi connectivity index (χ0) is 14.7. The van der Waals surface area contributed by atoms with Crippen molar-refractivity contribution in [3.8, 4) is 0 Å². The smallest absolute Gasteiger partial charge is 0.222 e. The topological polar surface area (TPSA) is 56.7 Å². The molecule has 114 valence electrons. The van der Waals surface area contributed by atoms with Crippen LogP contribution in [0.25, 0.3) is 0 Å². The third kappa shape index (κ3) is 3.24. The van der Waals surface area contributed by atoms with Gasteiger partial charge in [0.05, 0.1) is 5.69 Å². The van der Waals surface area contributed by atoms with Crippen molar-refractivity contribution in [1.29, 1.82) is 0 Å². The number of likely N-dealkylation sites (tertiary alicyclic amines) is 2. The summed E-state index contributed by atoms with van der Waals surface area (Å²) in [5.41, 5.74) is -0.0133. The average Bonchev–Trinajstić information content (AvgIpc) is 2.93. The van der Waals surface area contributed by atoms with Crippen molar-refractivity contribution in [3.63, 3.8) is 0 Å². The molecular weight excluding hydrogens is 266 g/mol. The molecule has 2 fully saturated rings. The second-order valence-corrected chi connectivity index (χ2v) is 6.07. The van der Waals surface area contributed by atoms with Gasteiger partial charge in [-0.05, 0) is 31.4 Å². The minimum Gasteiger partial charge on any atom is -0.383 e. The third-order valence-corrected chi connectivity index (χ3v) is 4.68. The summed E-state index contributed by atoms with van der Waals surface area (Å²) in [5.74, 6) is 0.289. The van der Waals surface area contributed by atoms with Gasteiger partial charge in [0, 0.05) is 45.3 Å². The Hall–Kier alpha value is -1.46. The summed E-state index contributed by atoms with van der Waals surface area (Å²) in [5, 5.41) is 10.7. The molecule has 2 aliphatic heterocycles. The van der Waals surface area contributed by atoms with Crippen LogP contribution < -0.4 is 0 Å². The largest absolute Gasteiger partial charge is 0.383 e. The summed E-state index contributed by atoms with van der Waals surface area (Å²) in [6.07, 6.45) is 4.85. The molecule has 0 unspecified atom stereocenters. The number of aromatic nitrogens is 1. The molecule has 21 heavy (non-hydrogen) atoms. The number of piperidine rings is 1. The third-order valence-electron chi connectivity index (χ3n) is 4.68. The lowest BCUT2D eigenvalue weighted by Gasteiger charge is -2.38. The summed E-state index contributed by atoms with van der Waals surface area (Å²) in [7, 11) is 0. The van der Waals surface area contributed by atoms with Crippen LogP contribution in [0.5, 0.6) is 0 Å². The molecule has 0 saturated carbocycles. The van der Waals surface area contributed by atoms with E-state index in [4.69, 9.17) is 0 Å². The normalized spacial score (nSPS) is 22.7. The Kier molecular flexibility index (Phi) is 4.22. The van der Waals surface area contributed by atoms with Gasteiger partial charge in [-0.1, -0.05) is 6.07 Å². The van der Waals surface area contributed by atoms with Crippen LogP contribution >= 0.6 is 0 Å². The van der Waals surface area contributed by atoms with E-state index in [-0.39, 0.29) is 5.91 Å². The van der Waals surface area contributed by atoms with Gasteiger partial charge in [-0.2, -0.15) is 0 Å². The zero-order valence-electron chi connectivity index (χ0n) is 12.4. The molecule has 5 heteroatoms. The van der Waals surface area contributed by atoms with Crippen LogP contribution in [0.2, 0.25) is 0 Å². The molecule has 0 aliphatic carbocycles. The zero-order valence-corrected chi connectivity index (χ0v) is 12.4. The first-order valence-electron chi connectivity index (χ1n) is 7.81. The highest BCUT2D eigenvalue weighted by Gasteiger charge is 2.35. The van der Waals surface area contributed by atoms with E-state index in [1.165, 1.54) is 0 Å². The van der Waals surface area contributed by atoms with E-state index in [0.29, 0.717) is 19.3 Å². The maximum Gasteiger partial charge on any atom is 0.222 e. The molecule has 1 aromatic rings. The molecule has 0 aromatic carbocycles. The van der Waals surface area contributed by atoms with E-state index >= 15 is 0 Å². The molecule has 3 rings (SSSR count). The van der Waals surface area contributed by atoms with Gasteiger partial charge in [0.1, 0.15) is 5.60 Å². The fourth-order valence-corrected chi connectivity index (χ4v) is 3.24. The highest BCUT2D eigenvalue weighted by atomic mass is 16.3. The lowest BCUT2D eigenvalue weighted by Crippen LogP contribution is -2.45. The molecule has 0 bridgehead atoms. The molecule has 1 aromatic heterocycles. The predicted octanol–water partition coefficient (Wildman–Crippen LogP) is 0.987. The van der Waals surface area contributed by atoms with Crippen molar-refractivity contribution in [3.05, 3.63) is 30.1 Å². The summed E-state index contributed by atoms with van der Waals surface area (Å²) in [6.45, 7) is 4.35. The highest BCUT2D eigenvalue weighted by molar-refractivity contribution is 5.78. The van der Waals surface area contributed by atoms with Gasteiger partial charge in [0.15, 0.2) is 0 Å². The first-order valence-corrected chi connectivity index (χ1v) is 7.81. The lowest BCUT2D eigenvalue weighted by atomic mass is 9.88. The molecule has 3 heterocycles. The van der Waals surface area contributed by atoms with Crippen molar-refractivity contribution in [2.45, 2.75) is 31.3 Å². The highest BCUT2D eigenvalue weighted by Crippen LogP contribution is 2.31. The van der Waals surface area contributed by atoms with Gasteiger partial charge in [-0.25, -0.2) is 0 Å².